The molecule has 30 heavy (non-hydrogen) atoms. The van der Waals surface area contributed by atoms with E-state index >= 15 is 0 Å². The molecule has 0 unspecified atom stereocenters. The van der Waals surface area contributed by atoms with Gasteiger partial charge < -0.3 is 9.64 Å². The number of hydrogen-bond acceptors (Lipinski definition) is 4. The highest BCUT2D eigenvalue weighted by molar-refractivity contribution is 7.90. The van der Waals surface area contributed by atoms with Crippen molar-refractivity contribution in [2.45, 2.75) is 78.4 Å². The highest BCUT2D eigenvalue weighted by atomic mass is 32.2. The van der Waals surface area contributed by atoms with Crippen molar-refractivity contribution in [2.24, 2.45) is 9.81 Å². The second-order valence-corrected chi connectivity index (χ2v) is 11.1. The van der Waals surface area contributed by atoms with Crippen molar-refractivity contribution in [3.63, 3.8) is 0 Å². The zero-order valence-electron chi connectivity index (χ0n) is 19.3. The lowest BCUT2D eigenvalue weighted by Crippen LogP contribution is -2.51. The molecule has 1 aromatic carbocycles. The van der Waals surface area contributed by atoms with E-state index in [0.29, 0.717) is 5.84 Å². The van der Waals surface area contributed by atoms with Gasteiger partial charge in [-0.3, -0.25) is 4.90 Å². The number of ether oxygens (including phenoxy) is 1. The first kappa shape index (κ1) is 24.2. The Hall–Kier alpha value is -2.09. The van der Waals surface area contributed by atoms with Crippen LogP contribution < -0.4 is 0 Å². The van der Waals surface area contributed by atoms with Crippen LogP contribution in [-0.2, 0) is 14.8 Å². The van der Waals surface area contributed by atoms with Crippen LogP contribution in [0.2, 0.25) is 0 Å². The van der Waals surface area contributed by atoms with Crippen LogP contribution in [0.25, 0.3) is 0 Å². The van der Waals surface area contributed by atoms with Gasteiger partial charge in [-0.05, 0) is 52.2 Å². The van der Waals surface area contributed by atoms with Crippen LogP contribution in [0.3, 0.4) is 0 Å². The highest BCUT2D eigenvalue weighted by Crippen LogP contribution is 2.30. The number of cyclic esters (lactones) is 1. The number of amidine groups is 1. The minimum atomic E-state index is -3.93. The Bertz CT molecular complexity index is 876. The summed E-state index contributed by atoms with van der Waals surface area (Å²) in [5, 5.41) is 0. The largest absolute Gasteiger partial charge is 0.447 e. The van der Waals surface area contributed by atoms with E-state index < -0.39 is 16.1 Å². The van der Waals surface area contributed by atoms with E-state index in [1.54, 1.807) is 29.2 Å². The first-order chi connectivity index (χ1) is 13.7. The zero-order valence-corrected chi connectivity index (χ0v) is 20.2. The summed E-state index contributed by atoms with van der Waals surface area (Å²) in [6.45, 7) is 16.3. The van der Waals surface area contributed by atoms with Crippen molar-refractivity contribution in [3.05, 3.63) is 29.8 Å². The minimum Gasteiger partial charge on any atom is -0.447 e. The molecule has 1 aromatic rings. The van der Waals surface area contributed by atoms with Crippen LogP contribution in [0.1, 0.15) is 54.0 Å². The lowest BCUT2D eigenvalue weighted by atomic mass is 9.86. The summed E-state index contributed by atoms with van der Waals surface area (Å²) in [7, 11) is -3.93. The second kappa shape index (κ2) is 8.96. The van der Waals surface area contributed by atoms with Crippen LogP contribution >= 0.6 is 0 Å². The number of aryl methyl sites for hydroxylation is 1. The molecule has 2 rings (SSSR count). The van der Waals surface area contributed by atoms with E-state index in [2.05, 4.69) is 4.40 Å². The lowest BCUT2D eigenvalue weighted by molar-refractivity contribution is 0.154. The van der Waals surface area contributed by atoms with E-state index in [0.717, 1.165) is 5.56 Å². The molecule has 1 atom stereocenters. The number of carbonyl (C=O) groups is 1. The first-order valence-electron chi connectivity index (χ1n) is 10.4. The average Bonchev–Trinajstić information content (AvgIpc) is 2.95. The van der Waals surface area contributed by atoms with E-state index in [1.165, 1.54) is 0 Å². The van der Waals surface area contributed by atoms with Crippen LogP contribution in [0.15, 0.2) is 33.6 Å². The van der Waals surface area contributed by atoms with Gasteiger partial charge in [-0.2, -0.15) is 8.42 Å². The zero-order chi connectivity index (χ0) is 22.9. The highest BCUT2D eigenvalue weighted by Gasteiger charge is 2.42. The van der Waals surface area contributed by atoms with E-state index in [1.807, 2.05) is 60.3 Å². The molecule has 0 aliphatic carbocycles. The molecule has 0 radical (unpaired) electrons. The van der Waals surface area contributed by atoms with Gasteiger partial charge in [0.05, 0.1) is 17.5 Å². The number of amides is 1. The summed E-state index contributed by atoms with van der Waals surface area (Å²) in [5.74, 6) is 0.341. The Morgan fingerprint density at radius 1 is 1.17 bits per heavy atom. The third kappa shape index (κ3) is 5.53. The van der Waals surface area contributed by atoms with Crippen molar-refractivity contribution in [2.75, 3.05) is 13.2 Å². The molecule has 1 heterocycles. The molecule has 168 valence electrons. The van der Waals surface area contributed by atoms with Gasteiger partial charge >= 0.3 is 6.09 Å². The smallest absolute Gasteiger partial charge is 0.410 e. The summed E-state index contributed by atoms with van der Waals surface area (Å²) in [5.41, 5.74) is 0.755. The van der Waals surface area contributed by atoms with Crippen LogP contribution in [0.4, 0.5) is 4.79 Å². The Balaban J connectivity index is 2.53. The standard InChI is InChI=1S/C22H35N3O4S/c1-15(2)25(16(3)4)20(13-24-19(22(6,7)8)14-29-21(24)26)23-30(27,28)18-11-9-17(5)10-12-18/h9-12,15-16,19H,13-14H2,1-8H3/b23-20-/t19-/m1/s1. The van der Waals surface area contributed by atoms with Gasteiger partial charge in [0, 0.05) is 12.1 Å². The lowest BCUT2D eigenvalue weighted by Gasteiger charge is -2.38. The van der Waals surface area contributed by atoms with Gasteiger partial charge in [0.25, 0.3) is 10.0 Å². The summed E-state index contributed by atoms with van der Waals surface area (Å²) in [4.78, 5) is 16.2. The Kier molecular flexibility index (Phi) is 7.22. The van der Waals surface area contributed by atoms with Gasteiger partial charge in [0.15, 0.2) is 0 Å². The molecule has 1 amide bonds. The number of carbonyl (C=O) groups excluding carboxylic acids is 1. The molecule has 0 saturated carbocycles. The molecular formula is C22H35N3O4S. The minimum absolute atomic E-state index is 0.00341. The topological polar surface area (TPSA) is 79.3 Å². The van der Waals surface area contributed by atoms with Crippen molar-refractivity contribution in [1.82, 2.24) is 9.80 Å². The van der Waals surface area contributed by atoms with E-state index in [-0.39, 0.29) is 41.6 Å². The summed E-state index contributed by atoms with van der Waals surface area (Å²) in [6.07, 6.45) is -0.442. The Labute approximate surface area is 181 Å². The van der Waals surface area contributed by atoms with Gasteiger partial charge in [0.1, 0.15) is 12.4 Å². The second-order valence-electron chi connectivity index (χ2n) is 9.48. The van der Waals surface area contributed by atoms with Crippen LogP contribution in [-0.4, -0.2) is 61.4 Å². The molecule has 1 saturated heterocycles. The molecule has 8 heteroatoms. The fourth-order valence-electron chi connectivity index (χ4n) is 3.75. The van der Waals surface area contributed by atoms with Crippen molar-refractivity contribution in [1.29, 1.82) is 0 Å². The predicted octanol–water partition coefficient (Wildman–Crippen LogP) is 4.07. The molecular weight excluding hydrogens is 402 g/mol. The average molecular weight is 438 g/mol. The molecule has 0 aromatic heterocycles. The fraction of sp³-hybridized carbons (Fsp3) is 0.636. The number of benzene rings is 1. The van der Waals surface area contributed by atoms with Gasteiger partial charge in [-0.1, -0.05) is 38.5 Å². The summed E-state index contributed by atoms with van der Waals surface area (Å²) >= 11 is 0. The number of rotatable bonds is 6. The third-order valence-corrected chi connectivity index (χ3v) is 6.56. The first-order valence-corrected chi connectivity index (χ1v) is 11.8. The predicted molar refractivity (Wildman–Crippen MR) is 119 cm³/mol. The number of nitrogens with zero attached hydrogens (tertiary/aromatic N) is 3. The molecule has 1 fully saturated rings. The molecule has 1 aliphatic rings. The van der Waals surface area contributed by atoms with Gasteiger partial charge in [0.2, 0.25) is 0 Å². The summed E-state index contributed by atoms with van der Waals surface area (Å²) in [6, 6.07) is 6.45. The Morgan fingerprint density at radius 2 is 1.70 bits per heavy atom. The Morgan fingerprint density at radius 3 is 2.17 bits per heavy atom. The van der Waals surface area contributed by atoms with Crippen molar-refractivity contribution >= 4 is 22.0 Å². The van der Waals surface area contributed by atoms with Crippen molar-refractivity contribution < 1.29 is 17.9 Å². The quantitative estimate of drug-likeness (QED) is 0.495. The molecule has 0 N–H and O–H groups in total. The fourth-order valence-corrected chi connectivity index (χ4v) is 4.76. The van der Waals surface area contributed by atoms with Gasteiger partial charge in [-0.25, -0.2) is 4.79 Å². The van der Waals surface area contributed by atoms with Crippen LogP contribution in [0.5, 0.6) is 0 Å². The third-order valence-electron chi connectivity index (χ3n) is 5.24. The maximum atomic E-state index is 13.1. The number of hydrogen-bond donors (Lipinski definition) is 0. The molecule has 0 spiro atoms. The maximum absolute atomic E-state index is 13.1. The summed E-state index contributed by atoms with van der Waals surface area (Å²) < 4.78 is 35.7. The maximum Gasteiger partial charge on any atom is 0.410 e. The SMILES string of the molecule is Cc1ccc(S(=O)(=O)/N=C(/CN2C(=O)OC[C@@H]2C(C)(C)C)N(C(C)C)C(C)C)cc1. The van der Waals surface area contributed by atoms with Crippen molar-refractivity contribution in [3.8, 4) is 0 Å². The van der Waals surface area contributed by atoms with E-state index in [9.17, 15) is 13.2 Å². The molecule has 1 aliphatic heterocycles. The number of sulfonamides is 1. The molecule has 0 bridgehead atoms. The van der Waals surface area contributed by atoms with Crippen LogP contribution in [0, 0.1) is 12.3 Å². The molecule has 7 nitrogen and oxygen atoms in total. The van der Waals surface area contributed by atoms with Gasteiger partial charge in [-0.15, -0.1) is 4.40 Å². The monoisotopic (exact) mass is 437 g/mol. The van der Waals surface area contributed by atoms with E-state index in [4.69, 9.17) is 4.74 Å². The normalized spacial score (nSPS) is 18.3.